The molecule has 2 aromatic carbocycles. The molecule has 26 heavy (non-hydrogen) atoms. The minimum Gasteiger partial charge on any atom is -0.478 e. The highest BCUT2D eigenvalue weighted by atomic mass is 16.6. The molecule has 0 aliphatic heterocycles. The Kier molecular flexibility index (Phi) is 5.30. The van der Waals surface area contributed by atoms with Crippen LogP contribution in [-0.4, -0.2) is 28.6 Å². The van der Waals surface area contributed by atoms with Gasteiger partial charge in [0.2, 0.25) is 0 Å². The molecule has 0 spiro atoms. The second-order valence-corrected chi connectivity index (χ2v) is 6.61. The van der Waals surface area contributed by atoms with Crippen LogP contribution in [0.3, 0.4) is 0 Å². The third-order valence-corrected chi connectivity index (χ3v) is 3.34. The van der Waals surface area contributed by atoms with Gasteiger partial charge in [-0.1, -0.05) is 12.1 Å². The SMILES string of the molecule is CC(C)(C)OC(=O)c1ccc(NC(=O)c2ccccc2C(=O)O)c(N)c1. The second kappa shape index (κ2) is 7.26. The van der Waals surface area contributed by atoms with E-state index < -0.39 is 23.4 Å². The molecule has 0 radical (unpaired) electrons. The van der Waals surface area contributed by atoms with Gasteiger partial charge in [0.05, 0.1) is 28.1 Å². The molecule has 0 atom stereocenters. The molecule has 0 unspecified atom stereocenters. The first-order chi connectivity index (χ1) is 12.1. The highest BCUT2D eigenvalue weighted by Gasteiger charge is 2.20. The maximum Gasteiger partial charge on any atom is 0.338 e. The molecule has 0 fully saturated rings. The Morgan fingerprint density at radius 1 is 1.04 bits per heavy atom. The van der Waals surface area contributed by atoms with E-state index in [2.05, 4.69) is 5.32 Å². The quantitative estimate of drug-likeness (QED) is 0.572. The van der Waals surface area contributed by atoms with Crippen LogP contribution in [0.4, 0.5) is 11.4 Å². The normalized spacial score (nSPS) is 10.9. The molecule has 2 rings (SSSR count). The first kappa shape index (κ1) is 19.0. The number of rotatable bonds is 4. The summed E-state index contributed by atoms with van der Waals surface area (Å²) in [5.74, 6) is -2.35. The van der Waals surface area contributed by atoms with Crippen molar-refractivity contribution >= 4 is 29.2 Å². The van der Waals surface area contributed by atoms with Crippen molar-refractivity contribution in [1.29, 1.82) is 0 Å². The number of amides is 1. The van der Waals surface area contributed by atoms with Gasteiger partial charge >= 0.3 is 11.9 Å². The van der Waals surface area contributed by atoms with Gasteiger partial charge in [0.1, 0.15) is 5.60 Å². The smallest absolute Gasteiger partial charge is 0.338 e. The van der Waals surface area contributed by atoms with E-state index in [1.807, 2.05) is 0 Å². The third-order valence-electron chi connectivity index (χ3n) is 3.34. The molecule has 0 saturated heterocycles. The Labute approximate surface area is 150 Å². The van der Waals surface area contributed by atoms with Gasteiger partial charge in [-0.3, -0.25) is 4.79 Å². The summed E-state index contributed by atoms with van der Waals surface area (Å²) in [7, 11) is 0. The van der Waals surface area contributed by atoms with Gasteiger partial charge in [-0.15, -0.1) is 0 Å². The van der Waals surface area contributed by atoms with Gasteiger partial charge < -0.3 is 20.9 Å². The van der Waals surface area contributed by atoms with Crippen molar-refractivity contribution in [3.8, 4) is 0 Å². The van der Waals surface area contributed by atoms with Crippen LogP contribution in [0.15, 0.2) is 42.5 Å². The van der Waals surface area contributed by atoms with Crippen LogP contribution in [0.5, 0.6) is 0 Å². The number of nitrogen functional groups attached to an aromatic ring is 1. The number of anilines is 2. The largest absolute Gasteiger partial charge is 0.478 e. The van der Waals surface area contributed by atoms with Crippen LogP contribution >= 0.6 is 0 Å². The van der Waals surface area contributed by atoms with Crippen LogP contribution in [-0.2, 0) is 4.74 Å². The van der Waals surface area contributed by atoms with Crippen molar-refractivity contribution in [3.05, 3.63) is 59.2 Å². The molecule has 4 N–H and O–H groups in total. The number of hydrogen-bond acceptors (Lipinski definition) is 5. The van der Waals surface area contributed by atoms with E-state index >= 15 is 0 Å². The van der Waals surface area contributed by atoms with Gasteiger partial charge in [-0.25, -0.2) is 9.59 Å². The van der Waals surface area contributed by atoms with E-state index in [1.165, 1.54) is 36.4 Å². The highest BCUT2D eigenvalue weighted by molar-refractivity contribution is 6.11. The maximum atomic E-state index is 12.4. The second-order valence-electron chi connectivity index (χ2n) is 6.61. The highest BCUT2D eigenvalue weighted by Crippen LogP contribution is 2.23. The predicted octanol–water partition coefficient (Wildman–Crippen LogP) is 3.17. The lowest BCUT2D eigenvalue weighted by molar-refractivity contribution is 0.00693. The monoisotopic (exact) mass is 356 g/mol. The van der Waals surface area contributed by atoms with Gasteiger partial charge in [-0.05, 0) is 51.1 Å². The Balaban J connectivity index is 2.22. The number of nitrogens with one attached hydrogen (secondary N) is 1. The lowest BCUT2D eigenvalue weighted by Crippen LogP contribution is -2.24. The molecule has 0 heterocycles. The number of benzene rings is 2. The van der Waals surface area contributed by atoms with E-state index in [1.54, 1.807) is 26.8 Å². The molecule has 7 nitrogen and oxygen atoms in total. The Hall–Kier alpha value is -3.35. The molecule has 0 aliphatic carbocycles. The molecular weight excluding hydrogens is 336 g/mol. The van der Waals surface area contributed by atoms with Gasteiger partial charge in [0.25, 0.3) is 5.91 Å². The van der Waals surface area contributed by atoms with E-state index in [0.717, 1.165) is 0 Å². The number of esters is 1. The summed E-state index contributed by atoms with van der Waals surface area (Å²) in [6.07, 6.45) is 0. The summed E-state index contributed by atoms with van der Waals surface area (Å²) in [5, 5.41) is 11.7. The molecular formula is C19H20N2O5. The van der Waals surface area contributed by atoms with Crippen molar-refractivity contribution in [2.45, 2.75) is 26.4 Å². The number of hydrogen-bond donors (Lipinski definition) is 3. The maximum absolute atomic E-state index is 12.4. The lowest BCUT2D eigenvalue weighted by Gasteiger charge is -2.19. The fourth-order valence-corrected chi connectivity index (χ4v) is 2.20. The van der Waals surface area contributed by atoms with Crippen molar-refractivity contribution < 1.29 is 24.2 Å². The van der Waals surface area contributed by atoms with E-state index in [9.17, 15) is 14.4 Å². The summed E-state index contributed by atoms with van der Waals surface area (Å²) >= 11 is 0. The average molecular weight is 356 g/mol. The van der Waals surface area contributed by atoms with E-state index in [-0.39, 0.29) is 28.1 Å². The minimum absolute atomic E-state index is 0.00983. The van der Waals surface area contributed by atoms with Crippen LogP contribution in [0, 0.1) is 0 Å². The summed E-state index contributed by atoms with van der Waals surface area (Å²) in [5.41, 5.74) is 5.84. The van der Waals surface area contributed by atoms with Crippen molar-refractivity contribution in [2.75, 3.05) is 11.1 Å². The minimum atomic E-state index is -1.20. The van der Waals surface area contributed by atoms with Gasteiger partial charge in [0, 0.05) is 0 Å². The molecule has 0 aromatic heterocycles. The standard InChI is InChI=1S/C19H20N2O5/c1-19(2,3)26-18(25)11-8-9-15(14(20)10-11)21-16(22)12-6-4-5-7-13(12)17(23)24/h4-10H,20H2,1-3H3,(H,21,22)(H,23,24). The van der Waals surface area contributed by atoms with E-state index in [4.69, 9.17) is 15.6 Å². The first-order valence-electron chi connectivity index (χ1n) is 7.85. The Morgan fingerprint density at radius 2 is 1.65 bits per heavy atom. The molecule has 0 aliphatic rings. The molecule has 0 bridgehead atoms. The Bertz CT molecular complexity index is 868. The van der Waals surface area contributed by atoms with Crippen LogP contribution < -0.4 is 11.1 Å². The molecule has 136 valence electrons. The van der Waals surface area contributed by atoms with Crippen LogP contribution in [0.1, 0.15) is 51.8 Å². The van der Waals surface area contributed by atoms with Crippen molar-refractivity contribution in [1.82, 2.24) is 0 Å². The number of carbonyl (C=O) groups is 3. The van der Waals surface area contributed by atoms with Gasteiger partial charge in [0.15, 0.2) is 0 Å². The van der Waals surface area contributed by atoms with Gasteiger partial charge in [-0.2, -0.15) is 0 Å². The van der Waals surface area contributed by atoms with E-state index in [0.29, 0.717) is 0 Å². The molecule has 2 aromatic rings. The number of carboxylic acid groups (broad SMARTS) is 1. The summed E-state index contributed by atoms with van der Waals surface area (Å²) < 4.78 is 5.26. The summed E-state index contributed by atoms with van der Waals surface area (Å²) in [6, 6.07) is 10.2. The molecule has 1 amide bonds. The summed E-state index contributed by atoms with van der Waals surface area (Å²) in [4.78, 5) is 35.7. The van der Waals surface area contributed by atoms with Crippen LogP contribution in [0.25, 0.3) is 0 Å². The lowest BCUT2D eigenvalue weighted by atomic mass is 10.1. The van der Waals surface area contributed by atoms with Crippen molar-refractivity contribution in [3.63, 3.8) is 0 Å². The number of carboxylic acids is 1. The topological polar surface area (TPSA) is 119 Å². The molecule has 7 heteroatoms. The fraction of sp³-hybridized carbons (Fsp3) is 0.211. The zero-order valence-electron chi connectivity index (χ0n) is 14.7. The third kappa shape index (κ3) is 4.60. The summed E-state index contributed by atoms with van der Waals surface area (Å²) in [6.45, 7) is 5.26. The predicted molar refractivity (Wildman–Crippen MR) is 97.4 cm³/mol. The molecule has 0 saturated carbocycles. The number of aromatic carboxylic acids is 1. The fourth-order valence-electron chi connectivity index (χ4n) is 2.20. The number of nitrogens with two attached hydrogens (primary N) is 1. The van der Waals surface area contributed by atoms with Crippen LogP contribution in [0.2, 0.25) is 0 Å². The zero-order chi connectivity index (χ0) is 19.5. The number of ether oxygens (including phenoxy) is 1. The first-order valence-corrected chi connectivity index (χ1v) is 7.85. The average Bonchev–Trinajstić information content (AvgIpc) is 2.55. The number of carbonyl (C=O) groups excluding carboxylic acids is 2. The zero-order valence-corrected chi connectivity index (χ0v) is 14.7. The Morgan fingerprint density at radius 3 is 2.19 bits per heavy atom. The van der Waals surface area contributed by atoms with Crippen molar-refractivity contribution in [2.24, 2.45) is 0 Å².